The molecule has 0 radical (unpaired) electrons. The van der Waals surface area contributed by atoms with Gasteiger partial charge in [-0.25, -0.2) is 0 Å². The number of hydrogen-bond donors (Lipinski definition) is 1. The van der Waals surface area contributed by atoms with E-state index >= 15 is 0 Å². The van der Waals surface area contributed by atoms with E-state index in [1.54, 1.807) is 4.90 Å². The van der Waals surface area contributed by atoms with Crippen LogP contribution in [0.2, 0.25) is 0 Å². The van der Waals surface area contributed by atoms with Gasteiger partial charge >= 0.3 is 0 Å². The van der Waals surface area contributed by atoms with E-state index in [4.69, 9.17) is 16.3 Å². The lowest BCUT2D eigenvalue weighted by Crippen LogP contribution is -2.50. The molecule has 1 saturated heterocycles. The Balaban J connectivity index is 2.52. The van der Waals surface area contributed by atoms with Gasteiger partial charge in [0.15, 0.2) is 0 Å². The van der Waals surface area contributed by atoms with E-state index in [-0.39, 0.29) is 11.9 Å². The first kappa shape index (κ1) is 17.4. The van der Waals surface area contributed by atoms with E-state index in [2.05, 4.69) is 11.8 Å². The summed E-state index contributed by atoms with van der Waals surface area (Å²) >= 11 is 0. The number of hydrogen-bond acceptors (Lipinski definition) is 5. The van der Waals surface area contributed by atoms with Crippen molar-refractivity contribution in [1.29, 1.82) is 10.5 Å². The second kappa shape index (κ2) is 9.33. The van der Waals surface area contributed by atoms with Crippen molar-refractivity contribution >= 4 is 5.91 Å². The molecule has 116 valence electrons. The lowest BCUT2D eigenvalue weighted by Gasteiger charge is -2.37. The van der Waals surface area contributed by atoms with Crippen LogP contribution in [-0.4, -0.2) is 54.5 Å². The largest absolute Gasteiger partial charge is 0.340 e. The van der Waals surface area contributed by atoms with Crippen LogP contribution in [0.15, 0.2) is 0 Å². The van der Waals surface area contributed by atoms with Gasteiger partial charge in [0.25, 0.3) is 0 Å². The third-order valence-electron chi connectivity index (χ3n) is 4.10. The molecule has 0 bridgehead atoms. The zero-order valence-corrected chi connectivity index (χ0v) is 12.8. The summed E-state index contributed by atoms with van der Waals surface area (Å²) in [6.07, 6.45) is 2.56. The average molecular weight is 291 g/mol. The molecule has 2 unspecified atom stereocenters. The highest BCUT2D eigenvalue weighted by Gasteiger charge is 2.27. The first-order valence-corrected chi connectivity index (χ1v) is 7.62. The Morgan fingerprint density at radius 3 is 2.48 bits per heavy atom. The molecule has 1 amide bonds. The molecular formula is C15H25N5O. The first-order chi connectivity index (χ1) is 10.1. The van der Waals surface area contributed by atoms with Gasteiger partial charge in [0.1, 0.15) is 0 Å². The van der Waals surface area contributed by atoms with Gasteiger partial charge in [-0.1, -0.05) is 13.3 Å². The van der Waals surface area contributed by atoms with E-state index in [0.29, 0.717) is 38.4 Å². The number of rotatable bonds is 7. The summed E-state index contributed by atoms with van der Waals surface area (Å²) in [4.78, 5) is 16.1. The van der Waals surface area contributed by atoms with Gasteiger partial charge < -0.3 is 10.6 Å². The molecule has 0 aliphatic carbocycles. The Kier molecular flexibility index (Phi) is 7.74. The van der Waals surface area contributed by atoms with Crippen LogP contribution in [0.1, 0.15) is 32.6 Å². The second-order valence-corrected chi connectivity index (χ2v) is 5.55. The molecule has 1 rings (SSSR count). The van der Waals surface area contributed by atoms with Gasteiger partial charge in [0.05, 0.1) is 31.5 Å². The van der Waals surface area contributed by atoms with Gasteiger partial charge in [-0.15, -0.1) is 0 Å². The smallest absolute Gasteiger partial charge is 0.236 e. The minimum atomic E-state index is 0.00539. The Morgan fingerprint density at radius 2 is 1.95 bits per heavy atom. The van der Waals surface area contributed by atoms with Crippen LogP contribution < -0.4 is 5.73 Å². The molecule has 2 atom stereocenters. The number of carbonyl (C=O) groups excluding carboxylic acids is 1. The summed E-state index contributed by atoms with van der Waals surface area (Å²) in [5.74, 6) is 0.448. The van der Waals surface area contributed by atoms with Crippen molar-refractivity contribution in [1.82, 2.24) is 9.80 Å². The predicted octanol–water partition coefficient (Wildman–Crippen LogP) is 0.702. The SMILES string of the molecule is CCC1CN(CC(=O)N(CCC#N)CCC#N)CCC1N. The molecule has 0 saturated carbocycles. The number of likely N-dealkylation sites (tertiary alicyclic amines) is 1. The molecule has 2 N–H and O–H groups in total. The quantitative estimate of drug-likeness (QED) is 0.744. The number of nitriles is 2. The van der Waals surface area contributed by atoms with Gasteiger partial charge in [-0.2, -0.15) is 10.5 Å². The van der Waals surface area contributed by atoms with Crippen molar-refractivity contribution in [3.63, 3.8) is 0 Å². The molecule has 1 aliphatic heterocycles. The lowest BCUT2D eigenvalue weighted by atomic mass is 9.91. The summed E-state index contributed by atoms with van der Waals surface area (Å²) in [7, 11) is 0. The third kappa shape index (κ3) is 5.71. The van der Waals surface area contributed by atoms with E-state index in [1.807, 2.05) is 12.1 Å². The Morgan fingerprint density at radius 1 is 1.33 bits per heavy atom. The number of amides is 1. The molecule has 1 aliphatic rings. The normalized spacial score (nSPS) is 22.3. The number of nitrogens with zero attached hydrogens (tertiary/aromatic N) is 4. The number of piperidine rings is 1. The Hall–Kier alpha value is -1.63. The fourth-order valence-corrected chi connectivity index (χ4v) is 2.72. The van der Waals surface area contributed by atoms with Crippen molar-refractivity contribution in [3.05, 3.63) is 0 Å². The maximum atomic E-state index is 12.3. The van der Waals surface area contributed by atoms with Crippen molar-refractivity contribution in [3.8, 4) is 12.1 Å². The first-order valence-electron chi connectivity index (χ1n) is 7.62. The number of carbonyl (C=O) groups is 1. The predicted molar refractivity (Wildman–Crippen MR) is 79.9 cm³/mol. The maximum Gasteiger partial charge on any atom is 0.236 e. The van der Waals surface area contributed by atoms with E-state index < -0.39 is 0 Å². The molecular weight excluding hydrogens is 266 g/mol. The molecule has 0 aromatic rings. The molecule has 0 spiro atoms. The van der Waals surface area contributed by atoms with Gasteiger partial charge in [-0.05, 0) is 12.3 Å². The van der Waals surface area contributed by atoms with Crippen LogP contribution >= 0.6 is 0 Å². The second-order valence-electron chi connectivity index (χ2n) is 5.55. The molecule has 21 heavy (non-hydrogen) atoms. The highest BCUT2D eigenvalue weighted by atomic mass is 16.2. The molecule has 6 nitrogen and oxygen atoms in total. The van der Waals surface area contributed by atoms with Crippen LogP contribution in [0.4, 0.5) is 0 Å². The fourth-order valence-electron chi connectivity index (χ4n) is 2.72. The van der Waals surface area contributed by atoms with Gasteiger partial charge in [-0.3, -0.25) is 9.69 Å². The molecule has 6 heteroatoms. The molecule has 1 heterocycles. The number of nitrogens with two attached hydrogens (primary N) is 1. The van der Waals surface area contributed by atoms with Crippen LogP contribution in [0.3, 0.4) is 0 Å². The van der Waals surface area contributed by atoms with E-state index in [0.717, 1.165) is 25.9 Å². The van der Waals surface area contributed by atoms with Crippen LogP contribution in [0.25, 0.3) is 0 Å². The zero-order chi connectivity index (χ0) is 15.7. The zero-order valence-electron chi connectivity index (χ0n) is 12.8. The summed E-state index contributed by atoms with van der Waals surface area (Å²) in [6.45, 7) is 4.99. The molecule has 0 aromatic heterocycles. The lowest BCUT2D eigenvalue weighted by molar-refractivity contribution is -0.132. The summed E-state index contributed by atoms with van der Waals surface area (Å²) in [5.41, 5.74) is 6.08. The van der Waals surface area contributed by atoms with Crippen LogP contribution in [0, 0.1) is 28.6 Å². The third-order valence-corrected chi connectivity index (χ3v) is 4.10. The summed E-state index contributed by atoms with van der Waals surface area (Å²) in [6, 6.07) is 4.33. The minimum Gasteiger partial charge on any atom is -0.340 e. The van der Waals surface area contributed by atoms with Crippen LogP contribution in [0.5, 0.6) is 0 Å². The van der Waals surface area contributed by atoms with Crippen molar-refractivity contribution in [2.24, 2.45) is 11.7 Å². The fraction of sp³-hybridized carbons (Fsp3) is 0.800. The minimum absolute atomic E-state index is 0.00539. The van der Waals surface area contributed by atoms with Crippen molar-refractivity contribution in [2.75, 3.05) is 32.7 Å². The van der Waals surface area contributed by atoms with Crippen molar-refractivity contribution in [2.45, 2.75) is 38.6 Å². The highest BCUT2D eigenvalue weighted by molar-refractivity contribution is 5.78. The van der Waals surface area contributed by atoms with Crippen LogP contribution in [-0.2, 0) is 4.79 Å². The molecule has 0 aromatic carbocycles. The van der Waals surface area contributed by atoms with E-state index in [1.165, 1.54) is 0 Å². The summed E-state index contributed by atoms with van der Waals surface area (Å²) < 4.78 is 0. The summed E-state index contributed by atoms with van der Waals surface area (Å²) in [5, 5.41) is 17.3. The van der Waals surface area contributed by atoms with Gasteiger partial charge in [0, 0.05) is 32.2 Å². The topological polar surface area (TPSA) is 97.1 Å². The Labute approximate surface area is 127 Å². The van der Waals surface area contributed by atoms with Crippen molar-refractivity contribution < 1.29 is 4.79 Å². The molecule has 1 fully saturated rings. The monoisotopic (exact) mass is 291 g/mol. The standard InChI is InChI=1S/C15H25N5O/c1-2-13-11-19(10-5-14(13)18)12-15(21)20(8-3-6-16)9-4-7-17/h13-14H,2-5,8-12,18H2,1H3. The van der Waals surface area contributed by atoms with Gasteiger partial charge in [0.2, 0.25) is 5.91 Å². The maximum absolute atomic E-state index is 12.3. The highest BCUT2D eigenvalue weighted by Crippen LogP contribution is 2.18. The Bertz CT molecular complexity index is 393. The van der Waals surface area contributed by atoms with E-state index in [9.17, 15) is 4.79 Å². The average Bonchev–Trinajstić information content (AvgIpc) is 2.49.